The van der Waals surface area contributed by atoms with E-state index in [1.165, 1.54) is 7.11 Å². The molecule has 7 heteroatoms. The van der Waals surface area contributed by atoms with Crippen molar-refractivity contribution < 1.29 is 23.8 Å². The highest BCUT2D eigenvalue weighted by molar-refractivity contribution is 9.10. The van der Waals surface area contributed by atoms with Gasteiger partial charge in [0.15, 0.2) is 0 Å². The van der Waals surface area contributed by atoms with E-state index in [0.717, 1.165) is 4.90 Å². The summed E-state index contributed by atoms with van der Waals surface area (Å²) < 4.78 is 16.4. The molecule has 24 heavy (non-hydrogen) atoms. The third kappa shape index (κ3) is 5.70. The van der Waals surface area contributed by atoms with E-state index in [4.69, 9.17) is 14.2 Å². The Labute approximate surface area is 151 Å². The van der Waals surface area contributed by atoms with Crippen molar-refractivity contribution in [3.05, 3.63) is 22.7 Å². The molecule has 0 aliphatic rings. The number of imide groups is 1. The molecule has 134 valence electrons. The van der Waals surface area contributed by atoms with Crippen LogP contribution >= 0.6 is 15.9 Å². The summed E-state index contributed by atoms with van der Waals surface area (Å²) in [5, 5.41) is 0. The molecule has 1 aromatic carbocycles. The quantitative estimate of drug-likeness (QED) is 0.686. The van der Waals surface area contributed by atoms with E-state index in [-0.39, 0.29) is 5.69 Å². The molecule has 0 heterocycles. The first-order chi connectivity index (χ1) is 10.9. The number of carbonyl (C=O) groups is 2. The summed E-state index contributed by atoms with van der Waals surface area (Å²) in [7, 11) is 1.50. The Morgan fingerprint density at radius 2 is 1.42 bits per heavy atom. The predicted molar refractivity (Wildman–Crippen MR) is 95.6 cm³/mol. The molecule has 0 fully saturated rings. The summed E-state index contributed by atoms with van der Waals surface area (Å²) in [6.07, 6.45) is -1.66. The molecule has 0 aromatic heterocycles. The molecule has 6 nitrogen and oxygen atoms in total. The van der Waals surface area contributed by atoms with Crippen LogP contribution in [0.1, 0.15) is 41.5 Å². The van der Waals surface area contributed by atoms with Gasteiger partial charge in [0.1, 0.15) is 17.0 Å². The van der Waals surface area contributed by atoms with Crippen LogP contribution in [0.15, 0.2) is 22.7 Å². The molecule has 0 radical (unpaired) electrons. The van der Waals surface area contributed by atoms with Crippen molar-refractivity contribution in [2.24, 2.45) is 0 Å². The Hall–Kier alpha value is -1.76. The number of amides is 2. The number of hydrogen-bond acceptors (Lipinski definition) is 5. The van der Waals surface area contributed by atoms with Gasteiger partial charge in [0.25, 0.3) is 0 Å². The molecule has 0 aliphatic carbocycles. The van der Waals surface area contributed by atoms with Gasteiger partial charge in [-0.15, -0.1) is 0 Å². The van der Waals surface area contributed by atoms with Crippen molar-refractivity contribution >= 4 is 33.8 Å². The normalized spacial score (nSPS) is 11.7. The summed E-state index contributed by atoms with van der Waals surface area (Å²) in [5.74, 6) is 0.476. The molecule has 1 aromatic rings. The minimum atomic E-state index is -0.828. The Morgan fingerprint density at radius 3 is 1.79 bits per heavy atom. The molecule has 0 unspecified atom stereocenters. The van der Waals surface area contributed by atoms with Gasteiger partial charge in [-0.25, -0.2) is 9.59 Å². The lowest BCUT2D eigenvalue weighted by Gasteiger charge is -2.29. The van der Waals surface area contributed by atoms with E-state index in [0.29, 0.717) is 10.2 Å². The average molecular weight is 402 g/mol. The van der Waals surface area contributed by atoms with Crippen LogP contribution in [0.5, 0.6) is 5.75 Å². The molecule has 0 saturated carbocycles. The largest absolute Gasteiger partial charge is 0.495 e. The highest BCUT2D eigenvalue weighted by Gasteiger charge is 2.34. The van der Waals surface area contributed by atoms with Crippen LogP contribution in [0.4, 0.5) is 15.3 Å². The molecule has 0 spiro atoms. The fourth-order valence-corrected chi connectivity index (χ4v) is 2.32. The minimum Gasteiger partial charge on any atom is -0.495 e. The van der Waals surface area contributed by atoms with Gasteiger partial charge in [0, 0.05) is 0 Å². The number of methoxy groups -OCH3 is 1. The van der Waals surface area contributed by atoms with Crippen molar-refractivity contribution in [1.29, 1.82) is 0 Å². The molecule has 0 N–H and O–H groups in total. The van der Waals surface area contributed by atoms with Crippen molar-refractivity contribution in [3.63, 3.8) is 0 Å². The van der Waals surface area contributed by atoms with Crippen LogP contribution in [0.25, 0.3) is 0 Å². The second-order valence-electron chi connectivity index (χ2n) is 7.09. The summed E-state index contributed by atoms with van der Waals surface area (Å²) in [6, 6.07) is 4.97. The van der Waals surface area contributed by atoms with Crippen molar-refractivity contribution in [1.82, 2.24) is 0 Å². The summed E-state index contributed by atoms with van der Waals surface area (Å²) in [4.78, 5) is 26.0. The minimum absolute atomic E-state index is 0.276. The maximum atomic E-state index is 12.6. The molecule has 1 rings (SSSR count). The molecular formula is C17H24BrNO5. The molecular weight excluding hydrogens is 378 g/mol. The number of carbonyl (C=O) groups excluding carboxylic acids is 2. The van der Waals surface area contributed by atoms with Crippen LogP contribution in [0.3, 0.4) is 0 Å². The standard InChI is InChI=1S/C17H24BrNO5/c1-16(2,3)23-14(20)19(15(21)24-17(4,5)6)11-9-8-10-12(22-7)13(11)18/h8-10H,1-7H3. The fourth-order valence-electron chi connectivity index (χ4n) is 1.72. The fraction of sp³-hybridized carbons (Fsp3) is 0.529. The molecule has 0 bridgehead atoms. The number of rotatable bonds is 2. The Balaban J connectivity index is 3.33. The summed E-state index contributed by atoms with van der Waals surface area (Å²) in [6.45, 7) is 10.3. The maximum absolute atomic E-state index is 12.6. The van der Waals surface area contributed by atoms with Crippen LogP contribution in [-0.4, -0.2) is 30.5 Å². The summed E-state index contributed by atoms with van der Waals surface area (Å²) in [5.41, 5.74) is -1.25. The third-order valence-corrected chi connectivity index (χ3v) is 3.35. The highest BCUT2D eigenvalue weighted by Crippen LogP contribution is 2.36. The van der Waals surface area contributed by atoms with Gasteiger partial charge in [-0.05, 0) is 69.6 Å². The third-order valence-electron chi connectivity index (χ3n) is 2.56. The van der Waals surface area contributed by atoms with Gasteiger partial charge in [-0.1, -0.05) is 6.07 Å². The first kappa shape index (κ1) is 20.3. The molecule has 0 aliphatic heterocycles. The first-order valence-corrected chi connectivity index (χ1v) is 8.23. The van der Waals surface area contributed by atoms with E-state index in [1.54, 1.807) is 59.7 Å². The molecule has 0 saturated heterocycles. The van der Waals surface area contributed by atoms with Gasteiger partial charge in [-0.2, -0.15) is 4.90 Å². The highest BCUT2D eigenvalue weighted by atomic mass is 79.9. The summed E-state index contributed by atoms with van der Waals surface area (Å²) >= 11 is 3.36. The topological polar surface area (TPSA) is 65.1 Å². The molecule has 2 amide bonds. The van der Waals surface area contributed by atoms with Crippen LogP contribution in [0, 0.1) is 0 Å². The zero-order valence-corrected chi connectivity index (χ0v) is 16.7. The van der Waals surface area contributed by atoms with E-state index in [2.05, 4.69) is 15.9 Å². The Bertz CT molecular complexity index is 588. The number of anilines is 1. The van der Waals surface area contributed by atoms with Gasteiger partial charge in [0.05, 0.1) is 17.3 Å². The first-order valence-electron chi connectivity index (χ1n) is 7.44. The van der Waals surface area contributed by atoms with Crippen LogP contribution in [-0.2, 0) is 9.47 Å². The smallest absolute Gasteiger partial charge is 0.424 e. The number of halogens is 1. The SMILES string of the molecule is COc1cccc(N(C(=O)OC(C)(C)C)C(=O)OC(C)(C)C)c1Br. The van der Waals surface area contributed by atoms with Crippen LogP contribution in [0.2, 0.25) is 0 Å². The zero-order valence-electron chi connectivity index (χ0n) is 15.1. The number of nitrogens with zero attached hydrogens (tertiary/aromatic N) is 1. The predicted octanol–water partition coefficient (Wildman–Crippen LogP) is 5.13. The number of benzene rings is 1. The van der Waals surface area contributed by atoms with Gasteiger partial charge >= 0.3 is 12.2 Å². The van der Waals surface area contributed by atoms with Gasteiger partial charge < -0.3 is 14.2 Å². The zero-order chi connectivity index (χ0) is 18.7. The van der Waals surface area contributed by atoms with Crippen molar-refractivity contribution in [3.8, 4) is 5.75 Å². The monoisotopic (exact) mass is 401 g/mol. The lowest BCUT2D eigenvalue weighted by Crippen LogP contribution is -2.44. The second kappa shape index (κ2) is 7.42. The molecule has 0 atom stereocenters. The van der Waals surface area contributed by atoms with E-state index in [1.807, 2.05) is 0 Å². The number of hydrogen-bond donors (Lipinski definition) is 0. The maximum Gasteiger partial charge on any atom is 0.424 e. The van der Waals surface area contributed by atoms with Crippen LogP contribution < -0.4 is 9.64 Å². The Kier molecular flexibility index (Phi) is 6.27. The lowest BCUT2D eigenvalue weighted by atomic mass is 10.2. The average Bonchev–Trinajstić information content (AvgIpc) is 2.36. The van der Waals surface area contributed by atoms with E-state index in [9.17, 15) is 9.59 Å². The lowest BCUT2D eigenvalue weighted by molar-refractivity contribution is 0.0430. The second-order valence-corrected chi connectivity index (χ2v) is 7.88. The van der Waals surface area contributed by atoms with Gasteiger partial charge in [0.2, 0.25) is 0 Å². The number of ether oxygens (including phenoxy) is 3. The van der Waals surface area contributed by atoms with Crippen molar-refractivity contribution in [2.75, 3.05) is 12.0 Å². The van der Waals surface area contributed by atoms with Gasteiger partial charge in [-0.3, -0.25) is 0 Å². The Morgan fingerprint density at radius 1 is 0.958 bits per heavy atom. The van der Waals surface area contributed by atoms with E-state index < -0.39 is 23.4 Å². The van der Waals surface area contributed by atoms with E-state index >= 15 is 0 Å². The van der Waals surface area contributed by atoms with Crippen molar-refractivity contribution in [2.45, 2.75) is 52.7 Å².